The van der Waals surface area contributed by atoms with E-state index >= 15 is 0 Å². The van der Waals surface area contributed by atoms with Crippen LogP contribution in [-0.2, 0) is 30.6 Å². The molecule has 2 aromatic heterocycles. The standard InChI is InChI=1S/C21H24N4O2/c1-15-12-22-25(13-15)16(2)21(26)24-11-10-19-18(14-24)23-20(27-19)9-8-17-6-4-3-5-7-17/h3-7,12-13,16H,8-11,14H2,1-2H3. The van der Waals surface area contributed by atoms with Gasteiger partial charge in [-0.1, -0.05) is 30.3 Å². The summed E-state index contributed by atoms with van der Waals surface area (Å²) in [5.74, 6) is 1.75. The summed E-state index contributed by atoms with van der Waals surface area (Å²) in [5.41, 5.74) is 3.21. The Hall–Kier alpha value is -2.89. The average Bonchev–Trinajstić information content (AvgIpc) is 3.31. The van der Waals surface area contributed by atoms with E-state index in [2.05, 4.69) is 22.2 Å². The van der Waals surface area contributed by atoms with Crippen LogP contribution in [0.5, 0.6) is 0 Å². The predicted molar refractivity (Wildman–Crippen MR) is 101 cm³/mol. The summed E-state index contributed by atoms with van der Waals surface area (Å²) < 4.78 is 7.66. The van der Waals surface area contributed by atoms with Crippen LogP contribution in [0.4, 0.5) is 0 Å². The molecule has 0 radical (unpaired) electrons. The van der Waals surface area contributed by atoms with Gasteiger partial charge in [0.15, 0.2) is 5.89 Å². The number of benzene rings is 1. The van der Waals surface area contributed by atoms with E-state index < -0.39 is 0 Å². The summed E-state index contributed by atoms with van der Waals surface area (Å²) in [7, 11) is 0. The van der Waals surface area contributed by atoms with Crippen molar-refractivity contribution in [3.8, 4) is 0 Å². The third kappa shape index (κ3) is 3.79. The topological polar surface area (TPSA) is 64.2 Å². The van der Waals surface area contributed by atoms with Crippen molar-refractivity contribution in [2.45, 2.75) is 45.7 Å². The smallest absolute Gasteiger partial charge is 0.247 e. The molecule has 1 amide bonds. The average molecular weight is 364 g/mol. The number of rotatable bonds is 5. The second-order valence-corrected chi connectivity index (χ2v) is 7.15. The highest BCUT2D eigenvalue weighted by Gasteiger charge is 2.29. The molecule has 3 aromatic rings. The highest BCUT2D eigenvalue weighted by atomic mass is 16.4. The number of aryl methyl sites for hydroxylation is 3. The van der Waals surface area contributed by atoms with Gasteiger partial charge in [0, 0.05) is 25.6 Å². The fraction of sp³-hybridized carbons (Fsp3) is 0.381. The van der Waals surface area contributed by atoms with Crippen LogP contribution >= 0.6 is 0 Å². The third-order valence-corrected chi connectivity index (χ3v) is 5.04. The maximum atomic E-state index is 12.8. The summed E-state index contributed by atoms with van der Waals surface area (Å²) in [6, 6.07) is 10.0. The predicted octanol–water partition coefficient (Wildman–Crippen LogP) is 3.11. The number of fused-ring (bicyclic) bond motifs is 1. The number of carbonyl (C=O) groups excluding carboxylic acids is 1. The molecule has 1 aliphatic heterocycles. The molecular weight excluding hydrogens is 340 g/mol. The van der Waals surface area contributed by atoms with Crippen molar-refractivity contribution < 1.29 is 9.21 Å². The van der Waals surface area contributed by atoms with Crippen molar-refractivity contribution >= 4 is 5.91 Å². The lowest BCUT2D eigenvalue weighted by Crippen LogP contribution is -2.39. The Bertz CT molecular complexity index is 929. The molecule has 1 atom stereocenters. The number of nitrogens with zero attached hydrogens (tertiary/aromatic N) is 4. The lowest BCUT2D eigenvalue weighted by atomic mass is 10.1. The first kappa shape index (κ1) is 17.5. The third-order valence-electron chi connectivity index (χ3n) is 5.04. The molecular formula is C21H24N4O2. The summed E-state index contributed by atoms with van der Waals surface area (Å²) in [5, 5.41) is 4.27. The van der Waals surface area contributed by atoms with Gasteiger partial charge in [-0.15, -0.1) is 0 Å². The Kier molecular flexibility index (Phi) is 4.79. The molecule has 4 rings (SSSR count). The molecule has 0 N–H and O–H groups in total. The van der Waals surface area contributed by atoms with Crippen molar-refractivity contribution in [3.05, 3.63) is 71.2 Å². The minimum atomic E-state index is -0.315. The van der Waals surface area contributed by atoms with Crippen molar-refractivity contribution in [3.63, 3.8) is 0 Å². The Morgan fingerprint density at radius 2 is 2.07 bits per heavy atom. The zero-order valence-corrected chi connectivity index (χ0v) is 15.8. The van der Waals surface area contributed by atoms with Gasteiger partial charge in [-0.3, -0.25) is 9.48 Å². The first-order valence-electron chi connectivity index (χ1n) is 9.41. The lowest BCUT2D eigenvalue weighted by molar-refractivity contribution is -0.135. The number of hydrogen-bond donors (Lipinski definition) is 0. The molecule has 0 bridgehead atoms. The Morgan fingerprint density at radius 3 is 2.81 bits per heavy atom. The van der Waals surface area contributed by atoms with Gasteiger partial charge < -0.3 is 9.32 Å². The molecule has 0 saturated carbocycles. The molecule has 0 spiro atoms. The summed E-state index contributed by atoms with van der Waals surface area (Å²) in [4.78, 5) is 19.3. The maximum Gasteiger partial charge on any atom is 0.247 e. The number of amides is 1. The SMILES string of the molecule is Cc1cnn(C(C)C(=O)N2CCc3oc(CCc4ccccc4)nc3C2)c1. The molecule has 1 aromatic carbocycles. The van der Waals surface area contributed by atoms with Crippen LogP contribution in [0.2, 0.25) is 0 Å². The zero-order chi connectivity index (χ0) is 18.8. The molecule has 140 valence electrons. The number of oxazole rings is 1. The first-order valence-corrected chi connectivity index (χ1v) is 9.41. The maximum absolute atomic E-state index is 12.8. The van der Waals surface area contributed by atoms with E-state index in [9.17, 15) is 4.79 Å². The van der Waals surface area contributed by atoms with Gasteiger partial charge in [-0.2, -0.15) is 5.10 Å². The van der Waals surface area contributed by atoms with Gasteiger partial charge >= 0.3 is 0 Å². The van der Waals surface area contributed by atoms with Gasteiger partial charge in [-0.25, -0.2) is 4.98 Å². The van der Waals surface area contributed by atoms with Crippen LogP contribution < -0.4 is 0 Å². The molecule has 3 heterocycles. The van der Waals surface area contributed by atoms with E-state index in [1.807, 2.05) is 43.1 Å². The van der Waals surface area contributed by atoms with Crippen LogP contribution in [0.25, 0.3) is 0 Å². The van der Waals surface area contributed by atoms with E-state index in [1.54, 1.807) is 10.9 Å². The van der Waals surface area contributed by atoms with E-state index in [1.165, 1.54) is 5.56 Å². The summed E-state index contributed by atoms with van der Waals surface area (Å²) in [6.07, 6.45) is 6.06. The molecule has 27 heavy (non-hydrogen) atoms. The molecule has 0 saturated heterocycles. The molecule has 0 aliphatic carbocycles. The van der Waals surface area contributed by atoms with Crippen molar-refractivity contribution in [2.75, 3.05) is 6.54 Å². The van der Waals surface area contributed by atoms with Crippen LogP contribution in [-0.4, -0.2) is 32.1 Å². The Balaban J connectivity index is 1.41. The summed E-state index contributed by atoms with van der Waals surface area (Å²) in [6.45, 7) is 5.02. The second-order valence-electron chi connectivity index (χ2n) is 7.15. The minimum Gasteiger partial charge on any atom is -0.445 e. The van der Waals surface area contributed by atoms with E-state index in [0.717, 1.165) is 35.7 Å². The van der Waals surface area contributed by atoms with Gasteiger partial charge in [-0.05, 0) is 31.4 Å². The molecule has 6 heteroatoms. The van der Waals surface area contributed by atoms with Crippen LogP contribution in [0.1, 0.15) is 41.4 Å². The van der Waals surface area contributed by atoms with E-state index in [-0.39, 0.29) is 11.9 Å². The normalized spacial score (nSPS) is 14.8. The van der Waals surface area contributed by atoms with Crippen molar-refractivity contribution in [1.82, 2.24) is 19.7 Å². The fourth-order valence-electron chi connectivity index (χ4n) is 3.47. The highest BCUT2D eigenvalue weighted by Crippen LogP contribution is 2.23. The van der Waals surface area contributed by atoms with Gasteiger partial charge in [0.1, 0.15) is 17.5 Å². The quantitative estimate of drug-likeness (QED) is 0.698. The molecule has 1 unspecified atom stereocenters. The fourth-order valence-corrected chi connectivity index (χ4v) is 3.47. The van der Waals surface area contributed by atoms with Crippen LogP contribution in [0.3, 0.4) is 0 Å². The summed E-state index contributed by atoms with van der Waals surface area (Å²) >= 11 is 0. The van der Waals surface area contributed by atoms with Crippen molar-refractivity contribution in [2.24, 2.45) is 0 Å². The van der Waals surface area contributed by atoms with Crippen LogP contribution in [0.15, 0.2) is 47.1 Å². The van der Waals surface area contributed by atoms with Crippen LogP contribution in [0, 0.1) is 6.92 Å². The molecule has 0 fully saturated rings. The minimum absolute atomic E-state index is 0.0672. The van der Waals surface area contributed by atoms with E-state index in [0.29, 0.717) is 19.5 Å². The number of aromatic nitrogens is 3. The zero-order valence-electron chi connectivity index (χ0n) is 15.8. The monoisotopic (exact) mass is 364 g/mol. The highest BCUT2D eigenvalue weighted by molar-refractivity contribution is 5.80. The molecule has 6 nitrogen and oxygen atoms in total. The van der Waals surface area contributed by atoms with Gasteiger partial charge in [0.05, 0.1) is 12.7 Å². The Morgan fingerprint density at radius 1 is 1.26 bits per heavy atom. The lowest BCUT2D eigenvalue weighted by Gasteiger charge is -2.28. The van der Waals surface area contributed by atoms with Crippen molar-refractivity contribution in [1.29, 1.82) is 0 Å². The first-order chi connectivity index (χ1) is 13.1. The number of carbonyl (C=O) groups is 1. The van der Waals surface area contributed by atoms with Gasteiger partial charge in [0.25, 0.3) is 0 Å². The van der Waals surface area contributed by atoms with E-state index in [4.69, 9.17) is 4.42 Å². The largest absolute Gasteiger partial charge is 0.445 e. The number of hydrogen-bond acceptors (Lipinski definition) is 4. The Labute approximate surface area is 158 Å². The molecule has 1 aliphatic rings. The second kappa shape index (κ2) is 7.39. The van der Waals surface area contributed by atoms with Gasteiger partial charge in [0.2, 0.25) is 5.91 Å².